The van der Waals surface area contributed by atoms with Crippen molar-refractivity contribution >= 4 is 11.8 Å². The van der Waals surface area contributed by atoms with Crippen LogP contribution in [0.15, 0.2) is 6.07 Å². The van der Waals surface area contributed by atoms with Crippen LogP contribution in [-0.2, 0) is 11.6 Å². The number of urea groups is 1. The van der Waals surface area contributed by atoms with Crippen molar-refractivity contribution < 1.29 is 18.0 Å². The smallest absolute Gasteiger partial charge is 0.354 e. The van der Waals surface area contributed by atoms with Gasteiger partial charge in [0.25, 0.3) is 0 Å². The van der Waals surface area contributed by atoms with E-state index in [1.165, 1.54) is 0 Å². The van der Waals surface area contributed by atoms with Crippen molar-refractivity contribution in [1.29, 1.82) is 0 Å². The fraction of sp³-hybridized carbons (Fsp3) is 0.783. The minimum atomic E-state index is -4.50. The van der Waals surface area contributed by atoms with Crippen molar-refractivity contribution in [3.05, 3.63) is 17.6 Å². The minimum Gasteiger partial charge on any atom is -0.354 e. The quantitative estimate of drug-likeness (QED) is 0.586. The summed E-state index contributed by atoms with van der Waals surface area (Å²) in [6.07, 6.45) is -2.68. The van der Waals surface area contributed by atoms with Crippen LogP contribution in [0, 0.1) is 5.41 Å². The van der Waals surface area contributed by atoms with Crippen LogP contribution in [0.1, 0.15) is 65.9 Å². The molecule has 2 rings (SSSR count). The number of hydrogen-bond donors (Lipinski definition) is 2. The second-order valence-electron chi connectivity index (χ2n) is 10.9. The number of amides is 2. The molecule has 7 nitrogen and oxygen atoms in total. The third-order valence-corrected chi connectivity index (χ3v) is 5.34. The number of alkyl halides is 3. The second kappa shape index (κ2) is 10.9. The van der Waals surface area contributed by atoms with Gasteiger partial charge in [0, 0.05) is 50.7 Å². The van der Waals surface area contributed by atoms with Crippen molar-refractivity contribution in [2.24, 2.45) is 5.41 Å². The Hall–Kier alpha value is -2.10. The zero-order valence-corrected chi connectivity index (χ0v) is 20.8. The van der Waals surface area contributed by atoms with Gasteiger partial charge in [-0.1, -0.05) is 41.5 Å². The zero-order chi connectivity index (χ0) is 24.9. The summed E-state index contributed by atoms with van der Waals surface area (Å²) in [5.74, 6) is 0.543. The molecule has 0 aromatic carbocycles. The summed E-state index contributed by atoms with van der Waals surface area (Å²) in [7, 11) is 0. The first-order chi connectivity index (χ1) is 15.1. The predicted molar refractivity (Wildman–Crippen MR) is 124 cm³/mol. The summed E-state index contributed by atoms with van der Waals surface area (Å²) >= 11 is 0. The van der Waals surface area contributed by atoms with Gasteiger partial charge in [-0.2, -0.15) is 13.2 Å². The maximum atomic E-state index is 13.4. The number of carbonyl (C=O) groups excluding carboxylic acids is 1. The van der Waals surface area contributed by atoms with Crippen LogP contribution in [0.5, 0.6) is 0 Å². The van der Waals surface area contributed by atoms with E-state index in [0.717, 1.165) is 38.5 Å². The fourth-order valence-electron chi connectivity index (χ4n) is 3.35. The molecule has 0 spiro atoms. The van der Waals surface area contributed by atoms with E-state index in [1.54, 1.807) is 0 Å². The summed E-state index contributed by atoms with van der Waals surface area (Å²) < 4.78 is 40.1. The van der Waals surface area contributed by atoms with E-state index in [4.69, 9.17) is 0 Å². The molecule has 0 aliphatic carbocycles. The molecule has 0 bridgehead atoms. The topological polar surface area (TPSA) is 73.4 Å². The van der Waals surface area contributed by atoms with Gasteiger partial charge in [-0.25, -0.2) is 14.8 Å². The number of nitrogens with zero attached hydrogens (tertiary/aromatic N) is 4. The van der Waals surface area contributed by atoms with E-state index in [0.29, 0.717) is 32.0 Å². The lowest BCUT2D eigenvalue weighted by atomic mass is 9.95. The summed E-state index contributed by atoms with van der Waals surface area (Å²) in [4.78, 5) is 24.2. The number of unbranched alkanes of at least 4 members (excludes halogenated alkanes) is 1. The molecule has 2 amide bonds. The summed E-state index contributed by atoms with van der Waals surface area (Å²) in [5.41, 5.74) is -1.41. The first kappa shape index (κ1) is 27.1. The molecule has 1 aliphatic heterocycles. The Morgan fingerprint density at radius 3 is 2.15 bits per heavy atom. The molecule has 188 valence electrons. The lowest BCUT2D eigenvalue weighted by Crippen LogP contribution is -2.47. The molecule has 0 atom stereocenters. The zero-order valence-electron chi connectivity index (χ0n) is 20.8. The molecule has 2 N–H and O–H groups in total. The number of aromatic nitrogens is 2. The molecular formula is C23H39F3N6O. The van der Waals surface area contributed by atoms with Crippen molar-refractivity contribution in [2.75, 3.05) is 50.7 Å². The monoisotopic (exact) mass is 472 g/mol. The Morgan fingerprint density at radius 2 is 1.61 bits per heavy atom. The van der Waals surface area contributed by atoms with Crippen LogP contribution in [-0.4, -0.2) is 66.7 Å². The molecule has 1 fully saturated rings. The molecule has 2 heterocycles. The van der Waals surface area contributed by atoms with Gasteiger partial charge >= 0.3 is 12.2 Å². The number of halogens is 3. The van der Waals surface area contributed by atoms with Gasteiger partial charge in [-0.05, 0) is 24.8 Å². The number of rotatable bonds is 7. The van der Waals surface area contributed by atoms with Gasteiger partial charge in [-0.3, -0.25) is 4.90 Å². The number of piperazine rings is 1. The van der Waals surface area contributed by atoms with E-state index in [-0.39, 0.29) is 17.3 Å². The number of anilines is 1. The fourth-order valence-corrected chi connectivity index (χ4v) is 3.35. The van der Waals surface area contributed by atoms with Crippen LogP contribution >= 0.6 is 0 Å². The van der Waals surface area contributed by atoms with Gasteiger partial charge in [-0.15, -0.1) is 0 Å². The predicted octanol–water partition coefficient (Wildman–Crippen LogP) is 4.04. The van der Waals surface area contributed by atoms with Gasteiger partial charge in [0.2, 0.25) is 0 Å². The average Bonchev–Trinajstić information content (AvgIpc) is 2.70. The van der Waals surface area contributed by atoms with Gasteiger partial charge in [0.15, 0.2) is 0 Å². The highest BCUT2D eigenvalue weighted by Crippen LogP contribution is 2.32. The molecule has 1 aromatic heterocycles. The third kappa shape index (κ3) is 9.35. The third-order valence-electron chi connectivity index (χ3n) is 5.34. The Morgan fingerprint density at radius 1 is 0.970 bits per heavy atom. The van der Waals surface area contributed by atoms with Crippen LogP contribution in [0.3, 0.4) is 0 Å². The van der Waals surface area contributed by atoms with Gasteiger partial charge in [0.05, 0.1) is 0 Å². The number of carbonyl (C=O) groups is 1. The highest BCUT2D eigenvalue weighted by molar-refractivity contribution is 5.73. The second-order valence-corrected chi connectivity index (χ2v) is 10.9. The SMILES string of the molecule is CC(C)(C)CNC(=O)NCCCCN1CCN(c2cc(C(F)(F)F)nc(C(C)(C)C)n2)CC1. The Labute approximate surface area is 195 Å². The minimum absolute atomic E-state index is 0.0495. The highest BCUT2D eigenvalue weighted by Gasteiger charge is 2.36. The lowest BCUT2D eigenvalue weighted by molar-refractivity contribution is -0.141. The number of hydrogen-bond acceptors (Lipinski definition) is 5. The molecule has 0 radical (unpaired) electrons. The van der Waals surface area contributed by atoms with E-state index >= 15 is 0 Å². The van der Waals surface area contributed by atoms with Gasteiger partial charge < -0.3 is 15.5 Å². The molecule has 33 heavy (non-hydrogen) atoms. The highest BCUT2D eigenvalue weighted by atomic mass is 19.4. The molecule has 1 aliphatic rings. The van der Waals surface area contributed by atoms with E-state index in [1.807, 2.05) is 25.7 Å². The normalized spacial score (nSPS) is 16.1. The summed E-state index contributed by atoms with van der Waals surface area (Å²) in [5, 5.41) is 5.74. The van der Waals surface area contributed by atoms with Crippen LogP contribution in [0.2, 0.25) is 0 Å². The van der Waals surface area contributed by atoms with Crippen LogP contribution in [0.4, 0.5) is 23.8 Å². The Bertz CT molecular complexity index is 746. The first-order valence-electron chi connectivity index (χ1n) is 11.6. The maximum absolute atomic E-state index is 13.4. The van der Waals surface area contributed by atoms with Crippen LogP contribution < -0.4 is 15.5 Å². The van der Waals surface area contributed by atoms with Crippen molar-refractivity contribution in [1.82, 2.24) is 25.5 Å². The van der Waals surface area contributed by atoms with Crippen molar-refractivity contribution in [3.63, 3.8) is 0 Å². The maximum Gasteiger partial charge on any atom is 0.433 e. The van der Waals surface area contributed by atoms with E-state index in [2.05, 4.69) is 46.3 Å². The molecular weight excluding hydrogens is 433 g/mol. The molecule has 10 heteroatoms. The first-order valence-corrected chi connectivity index (χ1v) is 11.6. The van der Waals surface area contributed by atoms with E-state index in [9.17, 15) is 18.0 Å². The average molecular weight is 473 g/mol. The number of nitrogens with one attached hydrogen (secondary N) is 2. The molecule has 0 unspecified atom stereocenters. The van der Waals surface area contributed by atoms with Crippen LogP contribution in [0.25, 0.3) is 0 Å². The van der Waals surface area contributed by atoms with E-state index < -0.39 is 17.3 Å². The van der Waals surface area contributed by atoms with Crippen molar-refractivity contribution in [2.45, 2.75) is 66.0 Å². The standard InChI is InChI=1S/C23H39F3N6O/c1-21(2,3)16-28-20(33)27-9-7-8-10-31-11-13-32(14-12-31)18-15-17(23(24,25)26)29-19(30-18)22(4,5)6/h15H,7-14,16H2,1-6H3,(H2,27,28,33). The lowest BCUT2D eigenvalue weighted by Gasteiger charge is -2.36. The Kier molecular flexibility index (Phi) is 8.95. The Balaban J connectivity index is 1.79. The molecule has 1 aromatic rings. The molecule has 1 saturated heterocycles. The largest absolute Gasteiger partial charge is 0.433 e. The summed E-state index contributed by atoms with van der Waals surface area (Å²) in [6, 6.07) is 0.914. The van der Waals surface area contributed by atoms with Crippen molar-refractivity contribution in [3.8, 4) is 0 Å². The molecule has 0 saturated carbocycles. The van der Waals surface area contributed by atoms with Gasteiger partial charge in [0.1, 0.15) is 17.3 Å². The summed E-state index contributed by atoms with van der Waals surface area (Å²) in [6.45, 7) is 16.5.